The first-order valence-electron chi connectivity index (χ1n) is 8.40. The minimum absolute atomic E-state index is 0.00757. The van der Waals surface area contributed by atoms with Gasteiger partial charge in [0, 0.05) is 26.1 Å². The Hall–Kier alpha value is -1.28. The third-order valence-electron chi connectivity index (χ3n) is 5.16. The van der Waals surface area contributed by atoms with E-state index in [1.54, 1.807) is 11.8 Å². The Morgan fingerprint density at radius 3 is 2.58 bits per heavy atom. The van der Waals surface area contributed by atoms with Crippen LogP contribution in [0.15, 0.2) is 0 Å². The Labute approximate surface area is 146 Å². The van der Waals surface area contributed by atoms with E-state index in [2.05, 4.69) is 0 Å². The van der Waals surface area contributed by atoms with E-state index in [4.69, 9.17) is 10.8 Å². The van der Waals surface area contributed by atoms with E-state index in [1.165, 1.54) is 4.90 Å². The van der Waals surface area contributed by atoms with Crippen molar-refractivity contribution in [3.05, 3.63) is 0 Å². The largest absolute Gasteiger partial charge is 0.480 e. The standard InChI is InChI=1S/C16H27N3O4S/c1-24-9-3-12(17)15(23)18-7-5-16(6-8-18)4-2-13(20)19(11-16)10-14(21)22/h12H,2-11,17H2,1H3,(H,21,22)/t12-/m0/s1. The molecule has 2 rings (SSSR count). The second kappa shape index (κ2) is 8.20. The summed E-state index contributed by atoms with van der Waals surface area (Å²) in [6.45, 7) is 1.53. The van der Waals surface area contributed by atoms with Gasteiger partial charge in [-0.25, -0.2) is 0 Å². The molecular weight excluding hydrogens is 330 g/mol. The summed E-state index contributed by atoms with van der Waals surface area (Å²) in [5.41, 5.74) is 5.92. The molecule has 2 heterocycles. The summed E-state index contributed by atoms with van der Waals surface area (Å²) in [7, 11) is 0. The van der Waals surface area contributed by atoms with E-state index in [-0.39, 0.29) is 23.8 Å². The Balaban J connectivity index is 1.90. The number of aliphatic carboxylic acids is 1. The third kappa shape index (κ3) is 4.63. The maximum atomic E-state index is 12.4. The second-order valence-electron chi connectivity index (χ2n) is 6.86. The molecule has 2 aliphatic heterocycles. The molecule has 2 saturated heterocycles. The molecule has 136 valence electrons. The lowest BCUT2D eigenvalue weighted by atomic mass is 9.72. The van der Waals surface area contributed by atoms with Gasteiger partial charge in [-0.15, -0.1) is 0 Å². The van der Waals surface area contributed by atoms with Crippen molar-refractivity contribution in [1.82, 2.24) is 9.80 Å². The predicted molar refractivity (Wildman–Crippen MR) is 92.7 cm³/mol. The summed E-state index contributed by atoms with van der Waals surface area (Å²) < 4.78 is 0. The SMILES string of the molecule is CSCC[C@H](N)C(=O)N1CCC2(CCC(=O)N(CC(=O)O)C2)CC1. The van der Waals surface area contributed by atoms with Gasteiger partial charge in [0.2, 0.25) is 11.8 Å². The maximum Gasteiger partial charge on any atom is 0.323 e. The van der Waals surface area contributed by atoms with Crippen LogP contribution < -0.4 is 5.73 Å². The lowest BCUT2D eigenvalue weighted by Gasteiger charge is -2.47. The number of nitrogens with zero attached hydrogens (tertiary/aromatic N) is 2. The summed E-state index contributed by atoms with van der Waals surface area (Å²) in [5.74, 6) is -0.182. The summed E-state index contributed by atoms with van der Waals surface area (Å²) >= 11 is 1.68. The highest BCUT2D eigenvalue weighted by Crippen LogP contribution is 2.40. The number of thioether (sulfide) groups is 1. The predicted octanol–water partition coefficient (Wildman–Crippen LogP) is 0.383. The number of hydrogen-bond acceptors (Lipinski definition) is 5. The Bertz CT molecular complexity index is 492. The van der Waals surface area contributed by atoms with Crippen molar-refractivity contribution in [3.8, 4) is 0 Å². The summed E-state index contributed by atoms with van der Waals surface area (Å²) in [6.07, 6.45) is 5.46. The monoisotopic (exact) mass is 357 g/mol. The van der Waals surface area contributed by atoms with Gasteiger partial charge < -0.3 is 20.6 Å². The molecule has 8 heteroatoms. The molecule has 0 saturated carbocycles. The lowest BCUT2D eigenvalue weighted by Crippen LogP contribution is -2.55. The van der Waals surface area contributed by atoms with Crippen LogP contribution in [0.1, 0.15) is 32.1 Å². The molecule has 0 aliphatic carbocycles. The van der Waals surface area contributed by atoms with Gasteiger partial charge >= 0.3 is 5.97 Å². The zero-order valence-corrected chi connectivity index (χ0v) is 15.0. The van der Waals surface area contributed by atoms with E-state index < -0.39 is 12.0 Å². The van der Waals surface area contributed by atoms with E-state index in [0.717, 1.165) is 25.0 Å². The summed E-state index contributed by atoms with van der Waals surface area (Å²) in [4.78, 5) is 38.5. The molecule has 24 heavy (non-hydrogen) atoms. The first-order valence-corrected chi connectivity index (χ1v) is 9.79. The lowest BCUT2D eigenvalue weighted by molar-refractivity contribution is -0.150. The number of carbonyl (C=O) groups is 3. The van der Waals surface area contributed by atoms with E-state index in [0.29, 0.717) is 32.5 Å². The molecule has 0 aromatic heterocycles. The number of nitrogens with two attached hydrogens (primary N) is 1. The number of likely N-dealkylation sites (tertiary alicyclic amines) is 2. The molecule has 0 radical (unpaired) electrons. The summed E-state index contributed by atoms with van der Waals surface area (Å²) in [5, 5.41) is 8.95. The van der Waals surface area contributed by atoms with Gasteiger partial charge in [-0.3, -0.25) is 14.4 Å². The number of piperidine rings is 2. The van der Waals surface area contributed by atoms with Crippen molar-refractivity contribution < 1.29 is 19.5 Å². The Kier molecular flexibility index (Phi) is 6.51. The molecule has 7 nitrogen and oxygen atoms in total. The van der Waals surface area contributed by atoms with Crippen LogP contribution in [0.25, 0.3) is 0 Å². The van der Waals surface area contributed by atoms with E-state index >= 15 is 0 Å². The fraction of sp³-hybridized carbons (Fsp3) is 0.812. The molecular formula is C16H27N3O4S. The van der Waals surface area contributed by atoms with Gasteiger partial charge in [-0.05, 0) is 43.1 Å². The molecule has 3 N–H and O–H groups in total. The van der Waals surface area contributed by atoms with Crippen molar-refractivity contribution in [2.75, 3.05) is 38.2 Å². The maximum absolute atomic E-state index is 12.4. The molecule has 0 unspecified atom stereocenters. The van der Waals surface area contributed by atoms with Crippen LogP contribution in [0, 0.1) is 5.41 Å². The first-order chi connectivity index (χ1) is 11.4. The summed E-state index contributed by atoms with van der Waals surface area (Å²) in [6, 6.07) is -0.442. The van der Waals surface area contributed by atoms with Crippen LogP contribution in [0.3, 0.4) is 0 Å². The van der Waals surface area contributed by atoms with E-state index in [9.17, 15) is 14.4 Å². The molecule has 2 fully saturated rings. The molecule has 0 bridgehead atoms. The fourth-order valence-corrected chi connectivity index (χ4v) is 4.11. The Morgan fingerprint density at radius 2 is 2.00 bits per heavy atom. The van der Waals surface area contributed by atoms with Gasteiger partial charge in [-0.1, -0.05) is 0 Å². The quantitative estimate of drug-likeness (QED) is 0.712. The van der Waals surface area contributed by atoms with Gasteiger partial charge in [0.05, 0.1) is 6.04 Å². The van der Waals surface area contributed by atoms with Crippen molar-refractivity contribution in [1.29, 1.82) is 0 Å². The molecule has 0 aromatic rings. The number of hydrogen-bond donors (Lipinski definition) is 2. The number of amides is 2. The van der Waals surface area contributed by atoms with Crippen molar-refractivity contribution in [2.45, 2.75) is 38.1 Å². The molecule has 2 aliphatic rings. The average Bonchev–Trinajstić information content (AvgIpc) is 2.56. The van der Waals surface area contributed by atoms with Crippen LogP contribution >= 0.6 is 11.8 Å². The number of rotatable bonds is 6. The minimum Gasteiger partial charge on any atom is -0.480 e. The topological polar surface area (TPSA) is 104 Å². The first kappa shape index (κ1) is 19.1. The highest BCUT2D eigenvalue weighted by molar-refractivity contribution is 7.98. The van der Waals surface area contributed by atoms with Gasteiger partial charge in [-0.2, -0.15) is 11.8 Å². The smallest absolute Gasteiger partial charge is 0.323 e. The molecule has 2 amide bonds. The fourth-order valence-electron chi connectivity index (χ4n) is 3.62. The normalized spacial score (nSPS) is 21.8. The number of carboxylic acids is 1. The Morgan fingerprint density at radius 1 is 1.33 bits per heavy atom. The average molecular weight is 357 g/mol. The van der Waals surface area contributed by atoms with E-state index in [1.807, 2.05) is 11.2 Å². The number of carboxylic acid groups (broad SMARTS) is 1. The zero-order valence-electron chi connectivity index (χ0n) is 14.2. The third-order valence-corrected chi connectivity index (χ3v) is 5.80. The van der Waals surface area contributed by atoms with Crippen LogP contribution in [0.4, 0.5) is 0 Å². The minimum atomic E-state index is -0.979. The molecule has 1 atom stereocenters. The number of carbonyl (C=O) groups excluding carboxylic acids is 2. The van der Waals surface area contributed by atoms with Crippen LogP contribution in [0.5, 0.6) is 0 Å². The van der Waals surface area contributed by atoms with Crippen LogP contribution in [-0.2, 0) is 14.4 Å². The molecule has 1 spiro atoms. The zero-order chi connectivity index (χ0) is 17.7. The second-order valence-corrected chi connectivity index (χ2v) is 7.84. The van der Waals surface area contributed by atoms with Gasteiger partial charge in [0.1, 0.15) is 6.54 Å². The highest BCUT2D eigenvalue weighted by atomic mass is 32.2. The van der Waals surface area contributed by atoms with Crippen molar-refractivity contribution >= 4 is 29.5 Å². The highest BCUT2D eigenvalue weighted by Gasteiger charge is 2.42. The van der Waals surface area contributed by atoms with Gasteiger partial charge in [0.15, 0.2) is 0 Å². The van der Waals surface area contributed by atoms with Gasteiger partial charge in [0.25, 0.3) is 0 Å². The molecule has 0 aromatic carbocycles. The van der Waals surface area contributed by atoms with Crippen molar-refractivity contribution in [2.24, 2.45) is 11.1 Å². The van der Waals surface area contributed by atoms with Crippen LogP contribution in [-0.4, -0.2) is 76.9 Å². The van der Waals surface area contributed by atoms with Crippen molar-refractivity contribution in [3.63, 3.8) is 0 Å². The van der Waals surface area contributed by atoms with Crippen LogP contribution in [0.2, 0.25) is 0 Å².